The first-order chi connectivity index (χ1) is 13.8. The average Bonchev–Trinajstić information content (AvgIpc) is 2.65. The van der Waals surface area contributed by atoms with Gasteiger partial charge in [0.2, 0.25) is 0 Å². The Morgan fingerprint density at radius 2 is 1.76 bits per heavy atom. The van der Waals surface area contributed by atoms with Crippen molar-refractivity contribution in [1.82, 2.24) is 4.98 Å². The first kappa shape index (κ1) is 18.7. The Morgan fingerprint density at radius 3 is 2.52 bits per heavy atom. The van der Waals surface area contributed by atoms with Gasteiger partial charge in [0.15, 0.2) is 0 Å². The van der Waals surface area contributed by atoms with Gasteiger partial charge in [-0.3, -0.25) is 0 Å². The number of aromatic nitrogens is 1. The van der Waals surface area contributed by atoms with E-state index < -0.39 is 13.3 Å². The minimum atomic E-state index is -1.73. The molecule has 0 unspecified atom stereocenters. The molecule has 3 aromatic carbocycles. The topological polar surface area (TPSA) is 22.1 Å². The van der Waals surface area contributed by atoms with Crippen molar-refractivity contribution < 1.29 is 4.74 Å². The molecule has 0 radical (unpaired) electrons. The monoisotopic (exact) mass is 443 g/mol. The van der Waals surface area contributed by atoms with Crippen LogP contribution in [0.5, 0.6) is 11.5 Å². The van der Waals surface area contributed by atoms with E-state index in [1.165, 1.54) is 32.5 Å². The number of rotatable bonds is 3. The van der Waals surface area contributed by atoms with E-state index in [2.05, 4.69) is 79.6 Å². The van der Waals surface area contributed by atoms with E-state index in [-0.39, 0.29) is 0 Å². The molecule has 3 heteroatoms. The van der Waals surface area contributed by atoms with Gasteiger partial charge in [-0.2, -0.15) is 0 Å². The van der Waals surface area contributed by atoms with Gasteiger partial charge in [0.05, 0.1) is 0 Å². The van der Waals surface area contributed by atoms with Gasteiger partial charge in [-0.05, 0) is 0 Å². The summed E-state index contributed by atoms with van der Waals surface area (Å²) in [7, 11) is 0. The van der Waals surface area contributed by atoms with Crippen LogP contribution in [0.15, 0.2) is 54.7 Å². The Bertz CT molecular complexity index is 1270. The SMILES string of the molecule is CC(C)c1c2c(cc3ccccc13)-c1nccc3cc([CH2][Ge]([CH3])([CH3])[CH3])cc(c13)O2. The Labute approximate surface area is 175 Å². The predicted octanol–water partition coefficient (Wildman–Crippen LogP) is 7.70. The molecule has 0 fully saturated rings. The number of hydrogen-bond acceptors (Lipinski definition) is 2. The fourth-order valence-electron chi connectivity index (χ4n) is 4.66. The molecule has 29 heavy (non-hydrogen) atoms. The third-order valence-electron chi connectivity index (χ3n) is 5.71. The second-order valence-electron chi connectivity index (χ2n) is 9.73. The van der Waals surface area contributed by atoms with Crippen molar-refractivity contribution in [3.63, 3.8) is 0 Å². The summed E-state index contributed by atoms with van der Waals surface area (Å²) in [6, 6.07) is 17.6. The van der Waals surface area contributed by atoms with Crippen LogP contribution in [0.4, 0.5) is 0 Å². The molecule has 1 aliphatic rings. The summed E-state index contributed by atoms with van der Waals surface area (Å²) in [6.07, 6.45) is 1.95. The van der Waals surface area contributed by atoms with Gasteiger partial charge in [-0.25, -0.2) is 0 Å². The second kappa shape index (κ2) is 6.60. The molecular weight excluding hydrogens is 415 g/mol. The average molecular weight is 442 g/mol. The molecule has 1 aliphatic heterocycles. The van der Waals surface area contributed by atoms with Crippen molar-refractivity contribution in [3.8, 4) is 22.8 Å². The zero-order valence-corrected chi connectivity index (χ0v) is 19.9. The van der Waals surface area contributed by atoms with Crippen molar-refractivity contribution in [3.05, 3.63) is 65.9 Å². The van der Waals surface area contributed by atoms with E-state index in [1.807, 2.05) is 6.20 Å². The van der Waals surface area contributed by atoms with Gasteiger partial charge in [-0.15, -0.1) is 0 Å². The summed E-state index contributed by atoms with van der Waals surface area (Å²) in [5.41, 5.74) is 4.84. The van der Waals surface area contributed by atoms with Crippen LogP contribution in [0.3, 0.4) is 0 Å². The van der Waals surface area contributed by atoms with Crippen LogP contribution in [-0.2, 0) is 5.25 Å². The summed E-state index contributed by atoms with van der Waals surface area (Å²) in [5, 5.41) is 6.11. The molecule has 0 amide bonds. The van der Waals surface area contributed by atoms with Crippen molar-refractivity contribution in [2.24, 2.45) is 0 Å². The number of pyridine rings is 1. The van der Waals surface area contributed by atoms with Crippen LogP contribution < -0.4 is 4.74 Å². The molecule has 0 N–H and O–H groups in total. The second-order valence-corrected chi connectivity index (χ2v) is 21.2. The van der Waals surface area contributed by atoms with Crippen LogP contribution in [0, 0.1) is 0 Å². The van der Waals surface area contributed by atoms with Gasteiger partial charge in [0.25, 0.3) is 0 Å². The maximum absolute atomic E-state index is 6.69. The summed E-state index contributed by atoms with van der Waals surface area (Å²) in [4.78, 5) is 4.82. The van der Waals surface area contributed by atoms with Crippen LogP contribution in [0.25, 0.3) is 32.8 Å². The third kappa shape index (κ3) is 3.14. The molecule has 146 valence electrons. The molecule has 0 atom stereocenters. The Balaban J connectivity index is 1.83. The van der Waals surface area contributed by atoms with Gasteiger partial charge in [-0.1, -0.05) is 0 Å². The van der Waals surface area contributed by atoms with Crippen molar-refractivity contribution >= 4 is 34.8 Å². The quantitative estimate of drug-likeness (QED) is 0.267. The third-order valence-corrected chi connectivity index (χ3v) is 8.79. The Kier molecular flexibility index (Phi) is 4.25. The van der Waals surface area contributed by atoms with Crippen LogP contribution in [0.1, 0.15) is 30.9 Å². The summed E-state index contributed by atoms with van der Waals surface area (Å²) >= 11 is -1.73. The molecule has 4 aromatic rings. The van der Waals surface area contributed by atoms with Gasteiger partial charge >= 0.3 is 175 Å². The number of benzene rings is 3. The molecule has 0 bridgehead atoms. The van der Waals surface area contributed by atoms with E-state index in [1.54, 1.807) is 0 Å². The fourth-order valence-corrected chi connectivity index (χ4v) is 7.66. The summed E-state index contributed by atoms with van der Waals surface area (Å²) < 4.78 is 6.69. The van der Waals surface area contributed by atoms with Crippen LogP contribution in [0.2, 0.25) is 17.3 Å². The predicted molar refractivity (Wildman–Crippen MR) is 126 cm³/mol. The van der Waals surface area contributed by atoms with Gasteiger partial charge < -0.3 is 0 Å². The zero-order valence-electron chi connectivity index (χ0n) is 17.8. The summed E-state index contributed by atoms with van der Waals surface area (Å²) in [6.45, 7) is 4.50. The van der Waals surface area contributed by atoms with Gasteiger partial charge in [0, 0.05) is 0 Å². The van der Waals surface area contributed by atoms with Crippen molar-refractivity contribution in [1.29, 1.82) is 0 Å². The van der Waals surface area contributed by atoms with E-state index in [9.17, 15) is 0 Å². The fraction of sp³-hybridized carbons (Fsp3) is 0.269. The van der Waals surface area contributed by atoms with E-state index in [4.69, 9.17) is 9.72 Å². The van der Waals surface area contributed by atoms with Crippen molar-refractivity contribution in [2.45, 2.75) is 42.3 Å². The first-order valence-corrected chi connectivity index (χ1v) is 18.2. The normalized spacial score (nSPS) is 13.0. The molecule has 0 saturated carbocycles. The maximum atomic E-state index is 6.69. The standard InChI is InChI=1S/C26H27GeNO/c1-16(2)23-20-9-7-6-8-18(20)14-21-25-24-19(10-11-28-25)12-17(15-27(3,4)5)13-22(24)29-26(21)23/h6-14,16H,15H2,1-5H3. The Hall–Kier alpha value is -2.33. The number of hydrogen-bond donors (Lipinski definition) is 0. The molecule has 5 rings (SSSR count). The van der Waals surface area contributed by atoms with Crippen LogP contribution >= 0.6 is 0 Å². The summed E-state index contributed by atoms with van der Waals surface area (Å²) in [5.74, 6) is 9.72. The molecule has 0 saturated heterocycles. The van der Waals surface area contributed by atoms with Gasteiger partial charge in [0.1, 0.15) is 0 Å². The minimum absolute atomic E-state index is 0.364. The molecule has 2 heterocycles. The van der Waals surface area contributed by atoms with Crippen LogP contribution in [-0.4, -0.2) is 18.3 Å². The molecule has 0 spiro atoms. The van der Waals surface area contributed by atoms with E-state index in [0.717, 1.165) is 28.1 Å². The molecular formula is C26H27GeNO. The number of fused-ring (bicyclic) bond motifs is 3. The molecule has 2 nitrogen and oxygen atoms in total. The molecule has 1 aromatic heterocycles. The number of nitrogens with zero attached hydrogens (tertiary/aromatic N) is 1. The van der Waals surface area contributed by atoms with E-state index in [0.29, 0.717) is 5.92 Å². The van der Waals surface area contributed by atoms with Crippen molar-refractivity contribution in [2.75, 3.05) is 0 Å². The first-order valence-electron chi connectivity index (χ1n) is 10.5. The van der Waals surface area contributed by atoms with E-state index >= 15 is 0 Å². The zero-order chi connectivity index (χ0) is 20.3. The number of ether oxygens (including phenoxy) is 1. The molecule has 0 aliphatic carbocycles. The Morgan fingerprint density at radius 1 is 0.966 bits per heavy atom.